The van der Waals surface area contributed by atoms with Crippen LogP contribution in [0.4, 0.5) is 0 Å². The van der Waals surface area contributed by atoms with E-state index in [-0.39, 0.29) is 0 Å². The van der Waals surface area contributed by atoms with Crippen LogP contribution in [-0.2, 0) is 4.74 Å². The summed E-state index contributed by atoms with van der Waals surface area (Å²) < 4.78 is 5.59. The number of likely N-dealkylation sites (N-methyl/N-ethyl adjacent to an activating group) is 1. The Kier molecular flexibility index (Phi) is 5.53. The zero-order valence-corrected chi connectivity index (χ0v) is 8.83. The van der Waals surface area contributed by atoms with Crippen molar-refractivity contribution in [2.24, 2.45) is 0 Å². The summed E-state index contributed by atoms with van der Waals surface area (Å²) in [7, 11) is 2.12. The van der Waals surface area contributed by atoms with Crippen LogP contribution in [0.1, 0.15) is 12.8 Å². The summed E-state index contributed by atoms with van der Waals surface area (Å²) in [5.41, 5.74) is 0. The molecule has 1 saturated heterocycles. The predicted molar refractivity (Wildman–Crippen MR) is 55.0 cm³/mol. The summed E-state index contributed by atoms with van der Waals surface area (Å²) in [6.45, 7) is 4.68. The highest BCUT2D eigenvalue weighted by molar-refractivity contribution is 4.72. The van der Waals surface area contributed by atoms with Crippen LogP contribution >= 0.6 is 0 Å². The fraction of sp³-hybridized carbons (Fsp3) is 0.900. The molecule has 0 aromatic heterocycles. The lowest BCUT2D eigenvalue weighted by atomic mass is 10.2. The number of nitrogens with one attached hydrogen (secondary N) is 1. The highest BCUT2D eigenvalue weighted by Gasteiger charge is 2.16. The molecular formula is C10H19N3O. The van der Waals surface area contributed by atoms with Gasteiger partial charge in [-0.25, -0.2) is 0 Å². The first-order valence-corrected chi connectivity index (χ1v) is 5.20. The highest BCUT2D eigenvalue weighted by Crippen LogP contribution is 2.01. The van der Waals surface area contributed by atoms with Crippen LogP contribution in [0.5, 0.6) is 0 Å². The lowest BCUT2D eigenvalue weighted by Crippen LogP contribution is -2.44. The fourth-order valence-corrected chi connectivity index (χ4v) is 1.55. The van der Waals surface area contributed by atoms with Gasteiger partial charge in [0, 0.05) is 26.1 Å². The van der Waals surface area contributed by atoms with Crippen molar-refractivity contribution >= 4 is 0 Å². The maximum atomic E-state index is 8.34. The lowest BCUT2D eigenvalue weighted by Gasteiger charge is -2.30. The predicted octanol–water partition coefficient (Wildman–Crippen LogP) is 0.210. The van der Waals surface area contributed by atoms with E-state index < -0.39 is 0 Å². The molecule has 1 atom stereocenters. The van der Waals surface area contributed by atoms with Gasteiger partial charge < -0.3 is 15.0 Å². The van der Waals surface area contributed by atoms with Crippen molar-refractivity contribution in [3.8, 4) is 6.07 Å². The largest absolute Gasteiger partial charge is 0.374 e. The molecule has 0 amide bonds. The van der Waals surface area contributed by atoms with E-state index in [1.54, 1.807) is 0 Å². The Morgan fingerprint density at radius 1 is 1.64 bits per heavy atom. The monoisotopic (exact) mass is 197 g/mol. The Balaban J connectivity index is 1.98. The molecule has 4 nitrogen and oxygen atoms in total. The van der Waals surface area contributed by atoms with E-state index >= 15 is 0 Å². The van der Waals surface area contributed by atoms with Crippen LogP contribution in [0.2, 0.25) is 0 Å². The molecule has 1 aliphatic heterocycles. The zero-order valence-electron chi connectivity index (χ0n) is 8.83. The second-order valence-corrected chi connectivity index (χ2v) is 3.72. The van der Waals surface area contributed by atoms with Crippen LogP contribution in [0.25, 0.3) is 0 Å². The van der Waals surface area contributed by atoms with Gasteiger partial charge in [0.1, 0.15) is 0 Å². The number of hydrogen-bond donors (Lipinski definition) is 1. The number of nitrogens with zero attached hydrogens (tertiary/aromatic N) is 2. The van der Waals surface area contributed by atoms with Gasteiger partial charge in [-0.3, -0.25) is 0 Å². The van der Waals surface area contributed by atoms with E-state index in [0.717, 1.165) is 39.2 Å². The Bertz CT molecular complexity index is 190. The molecule has 80 valence electrons. The average Bonchev–Trinajstić information content (AvgIpc) is 2.18. The van der Waals surface area contributed by atoms with Gasteiger partial charge in [0.05, 0.1) is 18.8 Å². The minimum Gasteiger partial charge on any atom is -0.374 e. The molecule has 14 heavy (non-hydrogen) atoms. The van der Waals surface area contributed by atoms with Gasteiger partial charge >= 0.3 is 0 Å². The number of ether oxygens (including phenoxy) is 1. The molecule has 0 aromatic rings. The van der Waals surface area contributed by atoms with E-state index in [1.165, 1.54) is 0 Å². The van der Waals surface area contributed by atoms with E-state index in [1.807, 2.05) is 0 Å². The second kappa shape index (κ2) is 6.77. The molecule has 1 N–H and O–H groups in total. The summed E-state index contributed by atoms with van der Waals surface area (Å²) >= 11 is 0. The van der Waals surface area contributed by atoms with Crippen molar-refractivity contribution in [3.05, 3.63) is 0 Å². The first-order chi connectivity index (χ1) is 6.83. The van der Waals surface area contributed by atoms with Crippen molar-refractivity contribution < 1.29 is 4.74 Å². The van der Waals surface area contributed by atoms with Gasteiger partial charge in [0.25, 0.3) is 0 Å². The first-order valence-electron chi connectivity index (χ1n) is 5.20. The summed E-state index contributed by atoms with van der Waals surface area (Å²) in [6.07, 6.45) is 1.88. The summed E-state index contributed by atoms with van der Waals surface area (Å²) in [5.74, 6) is 0. The molecule has 0 saturated carbocycles. The van der Waals surface area contributed by atoms with Gasteiger partial charge in [0.2, 0.25) is 0 Å². The highest BCUT2D eigenvalue weighted by atomic mass is 16.5. The second-order valence-electron chi connectivity index (χ2n) is 3.72. The van der Waals surface area contributed by atoms with Gasteiger partial charge in [0.15, 0.2) is 0 Å². The Morgan fingerprint density at radius 2 is 2.50 bits per heavy atom. The van der Waals surface area contributed by atoms with Gasteiger partial charge in [-0.05, 0) is 20.0 Å². The number of morpholine rings is 1. The molecule has 1 unspecified atom stereocenters. The Morgan fingerprint density at radius 3 is 3.21 bits per heavy atom. The summed E-state index contributed by atoms with van der Waals surface area (Å²) in [4.78, 5) is 2.28. The topological polar surface area (TPSA) is 48.3 Å². The van der Waals surface area contributed by atoms with Gasteiger partial charge in [-0.15, -0.1) is 0 Å². The zero-order chi connectivity index (χ0) is 10.2. The minimum absolute atomic E-state index is 0.316. The minimum atomic E-state index is 0.316. The third kappa shape index (κ3) is 4.56. The third-order valence-corrected chi connectivity index (χ3v) is 2.36. The van der Waals surface area contributed by atoms with Crippen LogP contribution in [0.15, 0.2) is 0 Å². The molecule has 4 heteroatoms. The fourth-order valence-electron chi connectivity index (χ4n) is 1.55. The molecular weight excluding hydrogens is 178 g/mol. The lowest BCUT2D eigenvalue weighted by molar-refractivity contribution is -0.0179. The van der Waals surface area contributed by atoms with Crippen molar-refractivity contribution in [3.63, 3.8) is 0 Å². The molecule has 0 radical (unpaired) electrons. The smallest absolute Gasteiger partial charge is 0.0826 e. The van der Waals surface area contributed by atoms with Crippen LogP contribution < -0.4 is 5.32 Å². The number of nitriles is 1. The Hall–Kier alpha value is -0.630. The Labute approximate surface area is 85.8 Å². The van der Waals surface area contributed by atoms with E-state index in [2.05, 4.69) is 23.3 Å². The number of unbranched alkanes of at least 4 members (excludes halogenated alkanes) is 1. The van der Waals surface area contributed by atoms with Crippen molar-refractivity contribution in [1.82, 2.24) is 10.2 Å². The van der Waals surface area contributed by atoms with Crippen LogP contribution in [-0.4, -0.2) is 50.8 Å². The molecule has 1 fully saturated rings. The van der Waals surface area contributed by atoms with E-state index in [9.17, 15) is 0 Å². The average molecular weight is 197 g/mol. The summed E-state index contributed by atoms with van der Waals surface area (Å²) in [5, 5.41) is 11.6. The normalized spacial score (nSPS) is 23.3. The van der Waals surface area contributed by atoms with E-state index in [4.69, 9.17) is 10.00 Å². The molecule has 1 rings (SSSR count). The molecule has 0 aliphatic carbocycles. The summed E-state index contributed by atoms with van der Waals surface area (Å²) in [6, 6.07) is 2.13. The number of rotatable bonds is 5. The quantitative estimate of drug-likeness (QED) is 0.640. The van der Waals surface area contributed by atoms with Crippen molar-refractivity contribution in [1.29, 1.82) is 5.26 Å². The first kappa shape index (κ1) is 11.4. The van der Waals surface area contributed by atoms with Crippen LogP contribution in [0, 0.1) is 11.3 Å². The van der Waals surface area contributed by atoms with E-state index in [0.29, 0.717) is 12.5 Å². The molecule has 0 aromatic carbocycles. The molecule has 0 bridgehead atoms. The van der Waals surface area contributed by atoms with Gasteiger partial charge in [-0.1, -0.05) is 0 Å². The molecule has 0 spiro atoms. The SMILES string of the molecule is CN1CCOC(CNCCCC#N)C1. The third-order valence-electron chi connectivity index (χ3n) is 2.36. The molecule has 1 aliphatic rings. The van der Waals surface area contributed by atoms with Crippen molar-refractivity contribution in [2.45, 2.75) is 18.9 Å². The van der Waals surface area contributed by atoms with Crippen LogP contribution in [0.3, 0.4) is 0 Å². The van der Waals surface area contributed by atoms with Crippen molar-refractivity contribution in [2.75, 3.05) is 39.8 Å². The standard InChI is InChI=1S/C10H19N3O/c1-13-6-7-14-10(9-13)8-12-5-3-2-4-11/h10,12H,2-3,5-9H2,1H3. The maximum absolute atomic E-state index is 8.34. The van der Waals surface area contributed by atoms with Gasteiger partial charge in [-0.2, -0.15) is 5.26 Å². The molecule has 1 heterocycles. The maximum Gasteiger partial charge on any atom is 0.0826 e. The number of hydrogen-bond acceptors (Lipinski definition) is 4.